The predicted octanol–water partition coefficient (Wildman–Crippen LogP) is 4.55. The van der Waals surface area contributed by atoms with Crippen LogP contribution in [0.3, 0.4) is 0 Å². The lowest BCUT2D eigenvalue weighted by Crippen LogP contribution is -2.44. The molecule has 25 heavy (non-hydrogen) atoms. The van der Waals surface area contributed by atoms with Crippen LogP contribution in [0, 0.1) is 12.8 Å². The Labute approximate surface area is 150 Å². The van der Waals surface area contributed by atoms with Gasteiger partial charge in [0.2, 0.25) is 0 Å². The van der Waals surface area contributed by atoms with Gasteiger partial charge in [-0.25, -0.2) is 0 Å². The molecule has 0 bridgehead atoms. The Morgan fingerprint density at radius 2 is 1.80 bits per heavy atom. The highest BCUT2D eigenvalue weighted by molar-refractivity contribution is 5.65. The molecular weight excluding hydrogens is 308 g/mol. The fourth-order valence-electron chi connectivity index (χ4n) is 5.34. The van der Waals surface area contributed by atoms with Crippen molar-refractivity contribution in [3.63, 3.8) is 0 Å². The third-order valence-corrected chi connectivity index (χ3v) is 6.47. The Morgan fingerprint density at radius 1 is 0.960 bits per heavy atom. The normalized spacial score (nSPS) is 27.0. The van der Waals surface area contributed by atoms with Crippen LogP contribution in [0.1, 0.15) is 36.4 Å². The molecule has 0 amide bonds. The van der Waals surface area contributed by atoms with E-state index in [9.17, 15) is 0 Å². The van der Waals surface area contributed by atoms with E-state index in [2.05, 4.69) is 59.2 Å². The standard InChI is InChI=1S/C22H26N2O/c1-15-5-7-16(8-6-15)23-13-11-18-20-4-3-12-24(20)21-10-9-17(25-2)14-19(21)22(18)23/h5-10,14,18,20,22H,3-4,11-13H2,1-2H3/t18-,20-,22-/m1/s1. The molecule has 2 fully saturated rings. The number of methoxy groups -OCH3 is 1. The third kappa shape index (κ3) is 2.25. The molecule has 2 aromatic carbocycles. The average Bonchev–Trinajstić information content (AvgIpc) is 3.29. The maximum absolute atomic E-state index is 5.56. The zero-order valence-electron chi connectivity index (χ0n) is 15.1. The summed E-state index contributed by atoms with van der Waals surface area (Å²) in [5, 5.41) is 0. The summed E-state index contributed by atoms with van der Waals surface area (Å²) in [6, 6.07) is 16.9. The molecule has 5 rings (SSSR count). The molecule has 3 aliphatic rings. The molecule has 2 aromatic rings. The first kappa shape index (κ1) is 15.1. The first-order valence-corrected chi connectivity index (χ1v) is 9.54. The van der Waals surface area contributed by atoms with Crippen molar-refractivity contribution in [2.24, 2.45) is 5.92 Å². The zero-order valence-corrected chi connectivity index (χ0v) is 15.1. The highest BCUT2D eigenvalue weighted by Gasteiger charge is 2.48. The molecule has 3 heteroatoms. The molecule has 0 saturated carbocycles. The molecule has 3 aliphatic heterocycles. The monoisotopic (exact) mass is 334 g/mol. The summed E-state index contributed by atoms with van der Waals surface area (Å²) in [5.74, 6) is 1.70. The van der Waals surface area contributed by atoms with Crippen LogP contribution in [0.2, 0.25) is 0 Å². The zero-order chi connectivity index (χ0) is 17.0. The first-order valence-electron chi connectivity index (χ1n) is 9.54. The molecule has 0 N–H and O–H groups in total. The van der Waals surface area contributed by atoms with Crippen molar-refractivity contribution in [1.82, 2.24) is 0 Å². The van der Waals surface area contributed by atoms with Gasteiger partial charge in [0.15, 0.2) is 0 Å². The largest absolute Gasteiger partial charge is 0.497 e. The van der Waals surface area contributed by atoms with Crippen LogP contribution >= 0.6 is 0 Å². The highest BCUT2D eigenvalue weighted by Crippen LogP contribution is 2.53. The van der Waals surface area contributed by atoms with E-state index < -0.39 is 0 Å². The van der Waals surface area contributed by atoms with Crippen LogP contribution in [-0.4, -0.2) is 26.2 Å². The topological polar surface area (TPSA) is 15.7 Å². The van der Waals surface area contributed by atoms with Gasteiger partial charge in [0.25, 0.3) is 0 Å². The molecule has 0 spiro atoms. The van der Waals surface area contributed by atoms with E-state index in [-0.39, 0.29) is 0 Å². The highest BCUT2D eigenvalue weighted by atomic mass is 16.5. The molecule has 130 valence electrons. The van der Waals surface area contributed by atoms with E-state index in [0.717, 1.165) is 18.2 Å². The lowest BCUT2D eigenvalue weighted by Gasteiger charge is -2.44. The minimum absolute atomic E-state index is 0.479. The van der Waals surface area contributed by atoms with Crippen molar-refractivity contribution in [3.8, 4) is 5.75 Å². The smallest absolute Gasteiger partial charge is 0.119 e. The molecule has 0 aromatic heterocycles. The number of aryl methyl sites for hydroxylation is 1. The van der Waals surface area contributed by atoms with Crippen LogP contribution in [0.25, 0.3) is 0 Å². The number of rotatable bonds is 2. The van der Waals surface area contributed by atoms with Crippen molar-refractivity contribution in [2.45, 2.75) is 38.3 Å². The van der Waals surface area contributed by atoms with Crippen molar-refractivity contribution >= 4 is 11.4 Å². The van der Waals surface area contributed by atoms with Gasteiger partial charge in [-0.3, -0.25) is 0 Å². The lowest BCUT2D eigenvalue weighted by molar-refractivity contribution is 0.370. The SMILES string of the molecule is COc1ccc2c(c1)[C@H]1[C@H](CCN1c1ccc(C)cc1)[C@H]1CCCN21. The summed E-state index contributed by atoms with van der Waals surface area (Å²) in [5.41, 5.74) is 5.58. The van der Waals surface area contributed by atoms with E-state index in [1.54, 1.807) is 7.11 Å². The van der Waals surface area contributed by atoms with Crippen LogP contribution < -0.4 is 14.5 Å². The average molecular weight is 334 g/mol. The van der Waals surface area contributed by atoms with Crippen molar-refractivity contribution < 1.29 is 4.74 Å². The van der Waals surface area contributed by atoms with Crippen LogP contribution in [0.4, 0.5) is 11.4 Å². The number of fused-ring (bicyclic) bond motifs is 6. The quantitative estimate of drug-likeness (QED) is 0.801. The van der Waals surface area contributed by atoms with Gasteiger partial charge in [0, 0.05) is 42.0 Å². The van der Waals surface area contributed by atoms with Crippen molar-refractivity contribution in [1.29, 1.82) is 0 Å². The number of hydrogen-bond donors (Lipinski definition) is 0. The number of ether oxygens (including phenoxy) is 1. The fourth-order valence-corrected chi connectivity index (χ4v) is 5.34. The molecular formula is C22H26N2O. The second-order valence-corrected chi connectivity index (χ2v) is 7.75. The van der Waals surface area contributed by atoms with Gasteiger partial charge in [-0.1, -0.05) is 17.7 Å². The molecule has 0 radical (unpaired) electrons. The van der Waals surface area contributed by atoms with Gasteiger partial charge in [0.1, 0.15) is 5.75 Å². The van der Waals surface area contributed by atoms with Gasteiger partial charge in [-0.05, 0) is 56.5 Å². The molecule has 0 unspecified atom stereocenters. The summed E-state index contributed by atoms with van der Waals surface area (Å²) in [4.78, 5) is 5.31. The van der Waals surface area contributed by atoms with Gasteiger partial charge >= 0.3 is 0 Å². The Hall–Kier alpha value is -2.16. The molecule has 3 atom stereocenters. The Morgan fingerprint density at radius 3 is 2.60 bits per heavy atom. The second-order valence-electron chi connectivity index (χ2n) is 7.75. The Kier molecular flexibility index (Phi) is 3.44. The van der Waals surface area contributed by atoms with Crippen LogP contribution in [-0.2, 0) is 0 Å². The second kappa shape index (κ2) is 5.69. The number of anilines is 2. The van der Waals surface area contributed by atoms with E-state index in [1.807, 2.05) is 0 Å². The number of nitrogens with zero attached hydrogens (tertiary/aromatic N) is 2. The minimum atomic E-state index is 0.479. The van der Waals surface area contributed by atoms with Gasteiger partial charge in [-0.2, -0.15) is 0 Å². The Bertz CT molecular complexity index is 785. The summed E-state index contributed by atoms with van der Waals surface area (Å²) < 4.78 is 5.56. The summed E-state index contributed by atoms with van der Waals surface area (Å²) in [7, 11) is 1.77. The molecule has 3 heterocycles. The van der Waals surface area contributed by atoms with E-state index in [1.165, 1.54) is 48.3 Å². The summed E-state index contributed by atoms with van der Waals surface area (Å²) in [6.45, 7) is 4.52. The minimum Gasteiger partial charge on any atom is -0.497 e. The Balaban J connectivity index is 1.63. The first-order chi connectivity index (χ1) is 12.3. The van der Waals surface area contributed by atoms with Crippen LogP contribution in [0.5, 0.6) is 5.75 Å². The third-order valence-electron chi connectivity index (χ3n) is 6.47. The van der Waals surface area contributed by atoms with Crippen LogP contribution in [0.15, 0.2) is 42.5 Å². The van der Waals surface area contributed by atoms with Crippen molar-refractivity contribution in [2.75, 3.05) is 30.0 Å². The number of hydrogen-bond acceptors (Lipinski definition) is 3. The molecule has 0 aliphatic carbocycles. The van der Waals surface area contributed by atoms with E-state index in [0.29, 0.717) is 12.1 Å². The van der Waals surface area contributed by atoms with Gasteiger partial charge < -0.3 is 14.5 Å². The van der Waals surface area contributed by atoms with E-state index in [4.69, 9.17) is 4.74 Å². The van der Waals surface area contributed by atoms with Crippen molar-refractivity contribution in [3.05, 3.63) is 53.6 Å². The summed E-state index contributed by atoms with van der Waals surface area (Å²) >= 11 is 0. The number of benzene rings is 2. The summed E-state index contributed by atoms with van der Waals surface area (Å²) in [6.07, 6.45) is 3.95. The maximum atomic E-state index is 5.56. The fraction of sp³-hybridized carbons (Fsp3) is 0.455. The maximum Gasteiger partial charge on any atom is 0.119 e. The van der Waals surface area contributed by atoms with E-state index >= 15 is 0 Å². The predicted molar refractivity (Wildman–Crippen MR) is 103 cm³/mol. The van der Waals surface area contributed by atoms with Gasteiger partial charge in [-0.15, -0.1) is 0 Å². The van der Waals surface area contributed by atoms with Gasteiger partial charge in [0.05, 0.1) is 13.2 Å². The molecule has 2 saturated heterocycles. The lowest BCUT2D eigenvalue weighted by atomic mass is 9.81. The molecule has 3 nitrogen and oxygen atoms in total.